The molecule has 5 nitrogen and oxygen atoms in total. The first kappa shape index (κ1) is 4.94. The van der Waals surface area contributed by atoms with Crippen molar-refractivity contribution in [3.8, 4) is 6.07 Å². The molecule has 0 aromatic rings. The Hall–Kier alpha value is -1.12. The first-order valence-electron chi connectivity index (χ1n) is 15.3. The van der Waals surface area contributed by atoms with Gasteiger partial charge in [0.25, 0.3) is 0 Å². The van der Waals surface area contributed by atoms with Crippen LogP contribution in [-0.4, -0.2) is 46.1 Å². The fourth-order valence-corrected chi connectivity index (χ4v) is 2.81. The summed E-state index contributed by atoms with van der Waals surface area (Å²) in [6.45, 7) is -4.14. The summed E-state index contributed by atoms with van der Waals surface area (Å²) in [4.78, 5) is 13.8. The molecule has 3 unspecified atom stereocenters. The van der Waals surface area contributed by atoms with Crippen LogP contribution in [0.5, 0.6) is 0 Å². The number of rotatable bonds is 3. The largest absolute Gasteiger partial charge is 0.390 e. The van der Waals surface area contributed by atoms with Crippen LogP contribution in [0.4, 0.5) is 0 Å². The van der Waals surface area contributed by atoms with Crippen LogP contribution in [0.1, 0.15) is 74.4 Å². The van der Waals surface area contributed by atoms with Gasteiger partial charge >= 0.3 is 0 Å². The predicted molar refractivity (Wildman–Crippen MR) is 80.7 cm³/mol. The van der Waals surface area contributed by atoms with Gasteiger partial charge in [-0.1, -0.05) is 0 Å². The summed E-state index contributed by atoms with van der Waals surface area (Å²) in [5, 5.41) is 22.4. The molecule has 22 heavy (non-hydrogen) atoms. The fraction of sp³-hybridized carbons (Fsp3) is 0.882. The number of amides is 1. The Labute approximate surface area is 155 Å². The van der Waals surface area contributed by atoms with Crippen LogP contribution in [0.3, 0.4) is 0 Å². The van der Waals surface area contributed by atoms with Gasteiger partial charge < -0.3 is 15.3 Å². The average molecular weight is 321 g/mol. The van der Waals surface area contributed by atoms with Gasteiger partial charge in [-0.3, -0.25) is 4.79 Å². The van der Waals surface area contributed by atoms with Gasteiger partial charge in [0, 0.05) is 32.6 Å². The van der Waals surface area contributed by atoms with Crippen molar-refractivity contribution < 1.29 is 33.2 Å². The number of nitrogens with one attached hydrogen (secondary N) is 1. The van der Waals surface area contributed by atoms with Crippen molar-refractivity contribution in [2.75, 3.05) is 13.0 Å². The number of carbonyl (C=O) groups is 1. The molecular formula is C17H25N3O2. The van der Waals surface area contributed by atoms with Crippen LogP contribution >= 0.6 is 0 Å². The minimum atomic E-state index is -4.35. The highest BCUT2D eigenvalue weighted by Gasteiger charge is 2.57. The molecule has 5 aliphatic rings. The number of nitrogens with zero attached hydrogens (tertiary/aromatic N) is 2. The lowest BCUT2D eigenvalue weighted by atomic mass is 9.51. The maximum absolute atomic E-state index is 13.3. The molecule has 5 heteroatoms. The molecule has 0 aromatic heterocycles. The molecule has 4 saturated carbocycles. The lowest BCUT2D eigenvalue weighted by Crippen LogP contribution is -2.65. The Morgan fingerprint density at radius 2 is 2.23 bits per heavy atom. The molecule has 1 amide bonds. The van der Waals surface area contributed by atoms with Crippen molar-refractivity contribution in [3.05, 3.63) is 0 Å². The summed E-state index contributed by atoms with van der Waals surface area (Å²) >= 11 is 0. The maximum atomic E-state index is 13.3. The zero-order valence-corrected chi connectivity index (χ0v) is 11.3. The quantitative estimate of drug-likeness (QED) is 0.818. The summed E-state index contributed by atoms with van der Waals surface area (Å²) in [6.07, 6.45) is -26.6. The van der Waals surface area contributed by atoms with Crippen LogP contribution in [0.25, 0.3) is 0 Å². The molecule has 2 N–H and O–H groups in total. The standard InChI is InChI=1S/C17H25N3O2/c18-9-14-2-1-3-20(14)15(21)10-19-16-5-12-4-13(6-16)8-17(22,7-12)11-16/h12-14,19,22H,1-8,10-11H2/t12-,13+,14-,16?,17?/m0/s1/i2D,4D2,5D2,6D2,7D2,8D2,10D2,11D2,12D,13D/t2?,12-,13+,14-,16?,17?. The molecule has 6 atom stereocenters. The second-order valence-corrected chi connectivity index (χ2v) is 5.31. The topological polar surface area (TPSA) is 76.4 Å². The molecule has 5 fully saturated rings. The minimum Gasteiger partial charge on any atom is -0.390 e. The molecule has 0 aromatic carbocycles. The zero-order chi connectivity index (χ0) is 30.6. The molecule has 1 heterocycles. The summed E-state index contributed by atoms with van der Waals surface area (Å²) in [6, 6.07) is 0.116. The Morgan fingerprint density at radius 1 is 1.50 bits per heavy atom. The SMILES string of the molecule is [2H]C1CCN(C(=O)C([2H])([2H])NC23C([2H])([2H])C4(O)C([2H])([2H])[C@@]([2H])(C2([2H])[2H])C([2H])([2H])[C@]([2H])(C4([2H])[2H])C3([2H])[2H])[C@@H]1C#N. The van der Waals surface area contributed by atoms with Crippen molar-refractivity contribution >= 4 is 5.91 Å². The number of hydrogen-bond acceptors (Lipinski definition) is 4. The summed E-state index contributed by atoms with van der Waals surface area (Å²) < 4.78 is 145. The van der Waals surface area contributed by atoms with E-state index in [0.29, 0.717) is 4.90 Å². The van der Waals surface area contributed by atoms with E-state index < -0.39 is 86.0 Å². The Bertz CT molecular complexity index is 1070. The van der Waals surface area contributed by atoms with Crippen LogP contribution in [0.2, 0.25) is 0 Å². The lowest BCUT2D eigenvalue weighted by molar-refractivity contribution is -0.147. The normalized spacial score (nSPS) is 81.8. The molecule has 4 aliphatic carbocycles. The van der Waals surface area contributed by atoms with Crippen LogP contribution in [0, 0.1) is 23.1 Å². The second kappa shape index (κ2) is 4.94. The van der Waals surface area contributed by atoms with E-state index in [2.05, 4.69) is 0 Å². The lowest BCUT2D eigenvalue weighted by Gasteiger charge is -2.60. The first-order valence-corrected chi connectivity index (χ1v) is 6.73. The number of likely N-dealkylation sites (tertiary alicyclic amines) is 1. The predicted octanol–water partition coefficient (Wildman–Crippen LogP) is 1.17. The molecule has 0 spiro atoms. The molecule has 1 saturated heterocycles. The van der Waals surface area contributed by atoms with E-state index in [4.69, 9.17) is 23.3 Å². The van der Waals surface area contributed by atoms with E-state index >= 15 is 0 Å². The average Bonchev–Trinajstić information content (AvgIpc) is 3.16. The summed E-state index contributed by atoms with van der Waals surface area (Å²) in [5.74, 6) is -10.0. The number of nitriles is 1. The number of aliphatic hydroxyl groups is 1. The smallest absolute Gasteiger partial charge is 0.237 e. The van der Waals surface area contributed by atoms with Gasteiger partial charge in [-0.05, 0) is 62.8 Å². The zero-order valence-electron chi connectivity index (χ0n) is 28.3. The van der Waals surface area contributed by atoms with Gasteiger partial charge in [0.15, 0.2) is 0 Å². The maximum Gasteiger partial charge on any atom is 0.237 e. The van der Waals surface area contributed by atoms with Crippen LogP contribution in [-0.2, 0) is 4.79 Å². The third kappa shape index (κ3) is 2.33. The van der Waals surface area contributed by atoms with E-state index in [1.54, 1.807) is 11.4 Å². The third-order valence-electron chi connectivity index (χ3n) is 3.70. The van der Waals surface area contributed by atoms with Crippen molar-refractivity contribution in [2.24, 2.45) is 11.8 Å². The van der Waals surface area contributed by atoms with E-state index in [-0.39, 0.29) is 13.0 Å². The van der Waals surface area contributed by atoms with Gasteiger partial charge in [0.1, 0.15) is 6.04 Å². The van der Waals surface area contributed by atoms with Crippen molar-refractivity contribution in [3.63, 3.8) is 0 Å². The summed E-state index contributed by atoms with van der Waals surface area (Å²) in [5.41, 5.74) is -8.50. The number of hydrogen-bond donors (Lipinski definition) is 2. The molecule has 0 radical (unpaired) electrons. The molecule has 1 aliphatic heterocycles. The van der Waals surface area contributed by atoms with Gasteiger partial charge in [-0.15, -0.1) is 0 Å². The van der Waals surface area contributed by atoms with Crippen LogP contribution in [0.15, 0.2) is 0 Å². The Balaban J connectivity index is 2.09. The highest BCUT2D eigenvalue weighted by Crippen LogP contribution is 2.57. The first-order chi connectivity index (χ1) is 17.1. The van der Waals surface area contributed by atoms with Crippen molar-refractivity contribution in [1.29, 1.82) is 5.26 Å². The molecule has 120 valence electrons. The van der Waals surface area contributed by atoms with Gasteiger partial charge in [0.05, 0.1) is 20.9 Å². The summed E-state index contributed by atoms with van der Waals surface area (Å²) in [7, 11) is 0. The van der Waals surface area contributed by atoms with E-state index in [1.165, 1.54) is 0 Å². The minimum absolute atomic E-state index is 0.0836. The Morgan fingerprint density at radius 3 is 2.91 bits per heavy atom. The second-order valence-electron chi connectivity index (χ2n) is 5.31. The monoisotopic (exact) mass is 320 g/mol. The van der Waals surface area contributed by atoms with Crippen LogP contribution < -0.4 is 5.32 Å². The van der Waals surface area contributed by atoms with Crippen molar-refractivity contribution in [1.82, 2.24) is 10.2 Å². The van der Waals surface area contributed by atoms with E-state index in [1.807, 2.05) is 0 Å². The van der Waals surface area contributed by atoms with Gasteiger partial charge in [0.2, 0.25) is 5.91 Å². The van der Waals surface area contributed by atoms with Gasteiger partial charge in [-0.25, -0.2) is 0 Å². The molecule has 5 rings (SSSR count). The number of carbonyl (C=O) groups excluding carboxylic acids is 1. The van der Waals surface area contributed by atoms with Gasteiger partial charge in [-0.2, -0.15) is 5.26 Å². The molecule has 4 bridgehead atoms. The Kier molecular flexibility index (Phi) is 1.11. The third-order valence-corrected chi connectivity index (χ3v) is 3.70. The highest BCUT2D eigenvalue weighted by molar-refractivity contribution is 5.79. The highest BCUT2D eigenvalue weighted by atomic mass is 16.3. The fourth-order valence-electron chi connectivity index (χ4n) is 2.81. The van der Waals surface area contributed by atoms with E-state index in [0.717, 1.165) is 0 Å². The molecular weight excluding hydrogens is 278 g/mol. The van der Waals surface area contributed by atoms with E-state index in [9.17, 15) is 15.2 Å². The van der Waals surface area contributed by atoms with Crippen molar-refractivity contribution in [2.45, 2.75) is 68.2 Å².